The molecule has 5 heteroatoms. The number of rotatable bonds is 6. The molecule has 0 amide bonds. The molecule has 0 radical (unpaired) electrons. The van der Waals surface area contributed by atoms with Crippen molar-refractivity contribution in [2.45, 2.75) is 27.3 Å². The lowest BCUT2D eigenvalue weighted by Crippen LogP contribution is -2.21. The van der Waals surface area contributed by atoms with Crippen LogP contribution in [0.25, 0.3) is 0 Å². The van der Waals surface area contributed by atoms with E-state index in [1.54, 1.807) is 12.6 Å². The van der Waals surface area contributed by atoms with Crippen LogP contribution in [-0.4, -0.2) is 31.9 Å². The van der Waals surface area contributed by atoms with Gasteiger partial charge in [-0.3, -0.25) is 4.21 Å². The lowest BCUT2D eigenvalue weighted by Gasteiger charge is -2.23. The fourth-order valence-corrected chi connectivity index (χ4v) is 2.36. The molecule has 1 aromatic rings. The third-order valence-electron chi connectivity index (χ3n) is 2.76. The molecule has 0 saturated heterocycles. The smallest absolute Gasteiger partial charge is 0.0922 e. The van der Waals surface area contributed by atoms with Crippen molar-refractivity contribution in [3.63, 3.8) is 0 Å². The summed E-state index contributed by atoms with van der Waals surface area (Å²) in [6, 6.07) is 0. The number of H-pyrrole nitrogens is 1. The zero-order chi connectivity index (χ0) is 13.5. The lowest BCUT2D eigenvalue weighted by molar-refractivity contribution is 0.352. The highest BCUT2D eigenvalue weighted by atomic mass is 32.2. The molecule has 100 valence electrons. The predicted molar refractivity (Wildman–Crippen MR) is 76.3 cm³/mol. The van der Waals surface area contributed by atoms with Crippen molar-refractivity contribution in [3.05, 3.63) is 41.0 Å². The standard InChI is InChI=1S/C13H21N3OS/c1-5-13(18(4)17)7-11(3)16(6-2)9-12-8-14-10-15-12/h5,7-8,10H,6,9H2,1-4H3,(H,14,15)/b11-7+,13-5+. The highest BCUT2D eigenvalue weighted by molar-refractivity contribution is 7.88. The van der Waals surface area contributed by atoms with Gasteiger partial charge in [0.05, 0.1) is 18.6 Å². The van der Waals surface area contributed by atoms with Crippen LogP contribution in [0.15, 0.2) is 35.3 Å². The van der Waals surface area contributed by atoms with E-state index in [0.717, 1.165) is 29.4 Å². The second-order valence-corrected chi connectivity index (χ2v) is 5.40. The molecule has 0 spiro atoms. The Kier molecular flexibility index (Phi) is 5.85. The summed E-state index contributed by atoms with van der Waals surface area (Å²) >= 11 is 0. The van der Waals surface area contributed by atoms with Crippen LogP contribution < -0.4 is 0 Å². The maximum atomic E-state index is 11.5. The van der Waals surface area contributed by atoms with Gasteiger partial charge in [-0.15, -0.1) is 0 Å². The van der Waals surface area contributed by atoms with E-state index in [9.17, 15) is 4.21 Å². The minimum Gasteiger partial charge on any atom is -0.369 e. The Hall–Kier alpha value is -1.36. The summed E-state index contributed by atoms with van der Waals surface area (Å²) in [4.78, 5) is 10.2. The van der Waals surface area contributed by atoms with Gasteiger partial charge in [-0.25, -0.2) is 4.98 Å². The Labute approximate surface area is 111 Å². The summed E-state index contributed by atoms with van der Waals surface area (Å²) in [6.45, 7) is 7.73. The van der Waals surface area contributed by atoms with E-state index in [-0.39, 0.29) is 0 Å². The molecule has 1 N–H and O–H groups in total. The number of aromatic nitrogens is 2. The molecule has 0 bridgehead atoms. The summed E-state index contributed by atoms with van der Waals surface area (Å²) in [7, 11) is -0.943. The van der Waals surface area contributed by atoms with Crippen molar-refractivity contribution in [2.24, 2.45) is 0 Å². The van der Waals surface area contributed by atoms with E-state index in [4.69, 9.17) is 0 Å². The van der Waals surface area contributed by atoms with E-state index < -0.39 is 10.8 Å². The Morgan fingerprint density at radius 1 is 1.61 bits per heavy atom. The topological polar surface area (TPSA) is 49.0 Å². The van der Waals surface area contributed by atoms with Crippen molar-refractivity contribution < 1.29 is 4.21 Å². The van der Waals surface area contributed by atoms with Crippen LogP contribution in [-0.2, 0) is 17.3 Å². The van der Waals surface area contributed by atoms with Gasteiger partial charge in [0.2, 0.25) is 0 Å². The van der Waals surface area contributed by atoms with Crippen LogP contribution in [0, 0.1) is 0 Å². The van der Waals surface area contributed by atoms with Gasteiger partial charge in [0.1, 0.15) is 0 Å². The molecule has 1 aromatic heterocycles. The van der Waals surface area contributed by atoms with Crippen molar-refractivity contribution in [1.82, 2.24) is 14.9 Å². The van der Waals surface area contributed by atoms with E-state index in [1.165, 1.54) is 0 Å². The zero-order valence-corrected chi connectivity index (χ0v) is 12.3. The van der Waals surface area contributed by atoms with E-state index in [1.807, 2.05) is 32.2 Å². The van der Waals surface area contributed by atoms with E-state index >= 15 is 0 Å². The first-order valence-corrected chi connectivity index (χ1v) is 7.54. The Balaban J connectivity index is 2.81. The molecule has 0 fully saturated rings. The predicted octanol–water partition coefficient (Wildman–Crippen LogP) is 2.42. The normalized spacial score (nSPS) is 14.7. The fraction of sp³-hybridized carbons (Fsp3) is 0.462. The Morgan fingerprint density at radius 2 is 2.33 bits per heavy atom. The third kappa shape index (κ3) is 4.14. The molecule has 1 atom stereocenters. The number of allylic oxidation sites excluding steroid dienone is 3. The van der Waals surface area contributed by atoms with Crippen LogP contribution in [0.3, 0.4) is 0 Å². The number of aromatic amines is 1. The van der Waals surface area contributed by atoms with E-state index in [0.29, 0.717) is 0 Å². The average molecular weight is 267 g/mol. The number of imidazole rings is 1. The quantitative estimate of drug-likeness (QED) is 0.805. The van der Waals surface area contributed by atoms with Gasteiger partial charge in [-0.2, -0.15) is 0 Å². The molecule has 18 heavy (non-hydrogen) atoms. The van der Waals surface area contributed by atoms with Gasteiger partial charge < -0.3 is 9.88 Å². The van der Waals surface area contributed by atoms with Crippen LogP contribution >= 0.6 is 0 Å². The van der Waals surface area contributed by atoms with Gasteiger partial charge in [0.25, 0.3) is 0 Å². The third-order valence-corrected chi connectivity index (χ3v) is 3.78. The molecule has 1 heterocycles. The van der Waals surface area contributed by atoms with Crippen molar-refractivity contribution in [3.8, 4) is 0 Å². The molecule has 0 aliphatic heterocycles. The first-order valence-electron chi connectivity index (χ1n) is 5.98. The molecular weight excluding hydrogens is 246 g/mol. The maximum Gasteiger partial charge on any atom is 0.0922 e. The van der Waals surface area contributed by atoms with Gasteiger partial charge in [0.15, 0.2) is 0 Å². The SMILES string of the molecule is C/C=C(\C=C(/C)N(CC)Cc1cnc[nH]1)S(C)=O. The Bertz CT molecular complexity index is 449. The molecule has 0 aliphatic carbocycles. The summed E-state index contributed by atoms with van der Waals surface area (Å²) in [5.41, 5.74) is 2.18. The number of nitrogens with zero attached hydrogens (tertiary/aromatic N) is 2. The lowest BCUT2D eigenvalue weighted by atomic mass is 10.3. The molecule has 0 saturated carbocycles. The number of hydrogen-bond acceptors (Lipinski definition) is 3. The van der Waals surface area contributed by atoms with Crippen molar-refractivity contribution in [1.29, 1.82) is 0 Å². The van der Waals surface area contributed by atoms with Crippen LogP contribution in [0.2, 0.25) is 0 Å². The van der Waals surface area contributed by atoms with Crippen LogP contribution in [0.4, 0.5) is 0 Å². The second kappa shape index (κ2) is 7.16. The minimum atomic E-state index is -0.943. The van der Waals surface area contributed by atoms with Crippen molar-refractivity contribution in [2.75, 3.05) is 12.8 Å². The largest absolute Gasteiger partial charge is 0.369 e. The van der Waals surface area contributed by atoms with Gasteiger partial charge >= 0.3 is 0 Å². The average Bonchev–Trinajstić information content (AvgIpc) is 2.85. The van der Waals surface area contributed by atoms with Crippen molar-refractivity contribution >= 4 is 10.8 Å². The van der Waals surface area contributed by atoms with Crippen LogP contribution in [0.1, 0.15) is 26.5 Å². The van der Waals surface area contributed by atoms with Gasteiger partial charge in [0, 0.05) is 40.4 Å². The molecule has 0 aliphatic rings. The summed E-state index contributed by atoms with van der Waals surface area (Å²) in [6.07, 6.45) is 9.08. The highest BCUT2D eigenvalue weighted by Crippen LogP contribution is 2.12. The first-order chi connectivity index (χ1) is 8.58. The van der Waals surface area contributed by atoms with Gasteiger partial charge in [-0.05, 0) is 26.8 Å². The van der Waals surface area contributed by atoms with Gasteiger partial charge in [-0.1, -0.05) is 6.08 Å². The second-order valence-electron chi connectivity index (χ2n) is 4.02. The molecular formula is C13H21N3OS. The van der Waals surface area contributed by atoms with E-state index in [2.05, 4.69) is 21.8 Å². The van der Waals surface area contributed by atoms with Crippen LogP contribution in [0.5, 0.6) is 0 Å². The number of nitrogens with one attached hydrogen (secondary N) is 1. The minimum absolute atomic E-state index is 0.784. The zero-order valence-electron chi connectivity index (χ0n) is 11.4. The number of hydrogen-bond donors (Lipinski definition) is 1. The maximum absolute atomic E-state index is 11.5. The molecule has 1 unspecified atom stereocenters. The highest BCUT2D eigenvalue weighted by Gasteiger charge is 2.07. The summed E-state index contributed by atoms with van der Waals surface area (Å²) < 4.78 is 11.5. The fourth-order valence-electron chi connectivity index (χ4n) is 1.69. The monoisotopic (exact) mass is 267 g/mol. The molecule has 0 aromatic carbocycles. The molecule has 4 nitrogen and oxygen atoms in total. The Morgan fingerprint density at radius 3 is 2.78 bits per heavy atom. The molecule has 1 rings (SSSR count). The first kappa shape index (κ1) is 14.7. The summed E-state index contributed by atoms with van der Waals surface area (Å²) in [5, 5.41) is 0. The summed E-state index contributed by atoms with van der Waals surface area (Å²) in [5.74, 6) is 0.